The summed E-state index contributed by atoms with van der Waals surface area (Å²) in [6.45, 7) is -1.11. The Morgan fingerprint density at radius 1 is 1.17 bits per heavy atom. The van der Waals surface area contributed by atoms with Gasteiger partial charge in [-0.05, 0) is 0 Å². The number of amides is 3. The zero-order chi connectivity index (χ0) is 9.72. The normalized spacial score (nSPS) is 9.00. The molecule has 0 aromatic carbocycles. The summed E-state index contributed by atoms with van der Waals surface area (Å²) in [7, 11) is 0. The molecule has 68 valence electrons. The molecule has 0 saturated carbocycles. The summed E-state index contributed by atoms with van der Waals surface area (Å²) >= 11 is 0. The van der Waals surface area contributed by atoms with Crippen LogP contribution in [-0.4, -0.2) is 41.0 Å². The number of hydrogen-bond acceptors (Lipinski definition) is 3. The average Bonchev–Trinajstić information content (AvgIpc) is 1.83. The molecule has 0 rings (SSSR count). The number of carbonyl (C=O) groups excluding carboxylic acids is 2. The molecule has 0 unspecified atom stereocenters. The molecule has 0 aliphatic rings. The molecule has 7 nitrogen and oxygen atoms in total. The fraction of sp³-hybridized carbons (Fsp3) is 0.400. The standard InChI is InChI=1S/C5H9N3O4/c6-3(9)1-8(5(7)12)2-4(10)11/h1-2H2,(H2,6,9)(H2,7,12)(H,10,11). The molecule has 0 radical (unpaired) electrons. The number of carbonyl (C=O) groups is 3. The van der Waals surface area contributed by atoms with Crippen molar-refractivity contribution in [3.63, 3.8) is 0 Å². The van der Waals surface area contributed by atoms with Crippen LogP contribution in [-0.2, 0) is 9.59 Å². The number of rotatable bonds is 4. The Labute approximate surface area is 67.9 Å². The lowest BCUT2D eigenvalue weighted by Crippen LogP contribution is -2.44. The van der Waals surface area contributed by atoms with Gasteiger partial charge in [-0.3, -0.25) is 9.59 Å². The van der Waals surface area contributed by atoms with Crippen molar-refractivity contribution >= 4 is 17.9 Å². The van der Waals surface area contributed by atoms with Gasteiger partial charge >= 0.3 is 12.0 Å². The van der Waals surface area contributed by atoms with E-state index in [1.54, 1.807) is 0 Å². The molecule has 12 heavy (non-hydrogen) atoms. The second kappa shape index (κ2) is 4.16. The lowest BCUT2D eigenvalue weighted by Gasteiger charge is -2.14. The zero-order valence-electron chi connectivity index (χ0n) is 6.19. The Morgan fingerprint density at radius 3 is 1.92 bits per heavy atom. The van der Waals surface area contributed by atoms with Gasteiger partial charge in [0.05, 0.1) is 0 Å². The summed E-state index contributed by atoms with van der Waals surface area (Å²) in [4.78, 5) is 31.4. The minimum Gasteiger partial charge on any atom is -0.480 e. The summed E-state index contributed by atoms with van der Waals surface area (Å²) in [6.07, 6.45) is 0. The Bertz CT molecular complexity index is 199. The highest BCUT2D eigenvalue weighted by molar-refractivity contribution is 5.85. The summed E-state index contributed by atoms with van der Waals surface area (Å²) in [5.41, 5.74) is 9.47. The maximum Gasteiger partial charge on any atom is 0.323 e. The van der Waals surface area contributed by atoms with Gasteiger partial charge in [0.15, 0.2) is 0 Å². The van der Waals surface area contributed by atoms with Crippen LogP contribution in [0.1, 0.15) is 0 Å². The third-order valence-electron chi connectivity index (χ3n) is 0.984. The van der Waals surface area contributed by atoms with Gasteiger partial charge in [0.1, 0.15) is 13.1 Å². The first-order valence-corrected chi connectivity index (χ1v) is 2.98. The number of nitrogens with zero attached hydrogens (tertiary/aromatic N) is 1. The summed E-state index contributed by atoms with van der Waals surface area (Å²) < 4.78 is 0. The average molecular weight is 175 g/mol. The van der Waals surface area contributed by atoms with Crippen molar-refractivity contribution < 1.29 is 19.5 Å². The number of carboxylic acids is 1. The van der Waals surface area contributed by atoms with Crippen molar-refractivity contribution in [2.45, 2.75) is 0 Å². The van der Waals surface area contributed by atoms with E-state index in [1.807, 2.05) is 0 Å². The van der Waals surface area contributed by atoms with Gasteiger partial charge in [0.2, 0.25) is 5.91 Å². The molecule has 0 aromatic heterocycles. The molecule has 7 heteroatoms. The van der Waals surface area contributed by atoms with Crippen LogP contribution < -0.4 is 11.5 Å². The lowest BCUT2D eigenvalue weighted by atomic mass is 10.5. The molecule has 0 atom stereocenters. The van der Waals surface area contributed by atoms with Crippen LogP contribution in [0, 0.1) is 0 Å². The molecule has 0 aliphatic carbocycles. The first-order valence-electron chi connectivity index (χ1n) is 2.98. The number of primary amides is 2. The van der Waals surface area contributed by atoms with Crippen LogP contribution in [0.2, 0.25) is 0 Å². The zero-order valence-corrected chi connectivity index (χ0v) is 6.19. The van der Waals surface area contributed by atoms with Crippen molar-refractivity contribution in [1.29, 1.82) is 0 Å². The summed E-state index contributed by atoms with van der Waals surface area (Å²) in [5.74, 6) is -2.06. The second-order valence-corrected chi connectivity index (χ2v) is 2.05. The van der Waals surface area contributed by atoms with E-state index in [9.17, 15) is 14.4 Å². The van der Waals surface area contributed by atoms with Crippen LogP contribution in [0.15, 0.2) is 0 Å². The van der Waals surface area contributed by atoms with Crippen LogP contribution in [0.3, 0.4) is 0 Å². The molecule has 0 aliphatic heterocycles. The van der Waals surface area contributed by atoms with E-state index < -0.39 is 31.0 Å². The van der Waals surface area contributed by atoms with Gasteiger partial charge in [-0.15, -0.1) is 0 Å². The number of nitrogens with two attached hydrogens (primary N) is 2. The van der Waals surface area contributed by atoms with Gasteiger partial charge in [0.25, 0.3) is 0 Å². The van der Waals surface area contributed by atoms with Crippen LogP contribution in [0.4, 0.5) is 4.79 Å². The van der Waals surface area contributed by atoms with Gasteiger partial charge in [-0.25, -0.2) is 4.79 Å². The molecule has 0 aromatic rings. The quantitative estimate of drug-likeness (QED) is 0.453. The van der Waals surface area contributed by atoms with Crippen LogP contribution in [0.5, 0.6) is 0 Å². The van der Waals surface area contributed by atoms with Gasteiger partial charge in [-0.1, -0.05) is 0 Å². The maximum atomic E-state index is 10.4. The van der Waals surface area contributed by atoms with Crippen LogP contribution in [0.25, 0.3) is 0 Å². The van der Waals surface area contributed by atoms with Gasteiger partial charge < -0.3 is 21.5 Å². The maximum absolute atomic E-state index is 10.4. The molecule has 0 spiro atoms. The molecule has 0 fully saturated rings. The van der Waals surface area contributed by atoms with E-state index in [0.29, 0.717) is 4.90 Å². The fourth-order valence-corrected chi connectivity index (χ4v) is 0.563. The number of aliphatic carboxylic acids is 1. The molecular weight excluding hydrogens is 166 g/mol. The third kappa shape index (κ3) is 4.09. The minimum atomic E-state index is -1.25. The van der Waals surface area contributed by atoms with Crippen molar-refractivity contribution in [1.82, 2.24) is 4.90 Å². The van der Waals surface area contributed by atoms with E-state index in [0.717, 1.165) is 0 Å². The van der Waals surface area contributed by atoms with E-state index in [2.05, 4.69) is 0 Å². The fourth-order valence-electron chi connectivity index (χ4n) is 0.563. The van der Waals surface area contributed by atoms with Crippen molar-refractivity contribution in [2.75, 3.05) is 13.1 Å². The molecule has 5 N–H and O–H groups in total. The van der Waals surface area contributed by atoms with Gasteiger partial charge in [0, 0.05) is 0 Å². The SMILES string of the molecule is NC(=O)CN(CC(=O)O)C(N)=O. The van der Waals surface area contributed by atoms with E-state index in [1.165, 1.54) is 0 Å². The molecule has 0 heterocycles. The van der Waals surface area contributed by atoms with Crippen molar-refractivity contribution in [2.24, 2.45) is 11.5 Å². The second-order valence-electron chi connectivity index (χ2n) is 2.05. The smallest absolute Gasteiger partial charge is 0.323 e. The molecule has 0 bridgehead atoms. The number of hydrogen-bond donors (Lipinski definition) is 3. The topological polar surface area (TPSA) is 127 Å². The highest BCUT2D eigenvalue weighted by atomic mass is 16.4. The van der Waals surface area contributed by atoms with E-state index >= 15 is 0 Å². The summed E-state index contributed by atoms with van der Waals surface area (Å²) in [5, 5.41) is 8.24. The van der Waals surface area contributed by atoms with E-state index in [4.69, 9.17) is 16.6 Å². The number of carboxylic acid groups (broad SMARTS) is 1. The Kier molecular flexibility index (Phi) is 3.54. The third-order valence-corrected chi connectivity index (χ3v) is 0.984. The monoisotopic (exact) mass is 175 g/mol. The summed E-state index contributed by atoms with van der Waals surface area (Å²) in [6, 6.07) is -0.990. The lowest BCUT2D eigenvalue weighted by molar-refractivity contribution is -0.137. The molecule has 3 amide bonds. The van der Waals surface area contributed by atoms with Crippen molar-refractivity contribution in [3.05, 3.63) is 0 Å². The minimum absolute atomic E-state index is 0.484. The predicted molar refractivity (Wildman–Crippen MR) is 38.0 cm³/mol. The Hall–Kier alpha value is -1.79. The predicted octanol–water partition coefficient (Wildman–Crippen LogP) is -2.06. The van der Waals surface area contributed by atoms with E-state index in [-0.39, 0.29) is 0 Å². The molecular formula is C5H9N3O4. The highest BCUT2D eigenvalue weighted by Crippen LogP contribution is 1.85. The molecule has 0 saturated heterocycles. The highest BCUT2D eigenvalue weighted by Gasteiger charge is 2.15. The Morgan fingerprint density at radius 2 is 1.67 bits per heavy atom. The first-order chi connectivity index (χ1) is 5.43. The van der Waals surface area contributed by atoms with Crippen LogP contribution >= 0.6 is 0 Å². The largest absolute Gasteiger partial charge is 0.480 e. The first kappa shape index (κ1) is 10.2. The number of urea groups is 1. The Balaban J connectivity index is 4.14. The van der Waals surface area contributed by atoms with Gasteiger partial charge in [-0.2, -0.15) is 0 Å². The van der Waals surface area contributed by atoms with Crippen molar-refractivity contribution in [3.8, 4) is 0 Å².